The van der Waals surface area contributed by atoms with Crippen molar-refractivity contribution in [3.05, 3.63) is 48.1 Å². The first-order valence-corrected chi connectivity index (χ1v) is 6.67. The molecule has 0 aromatic carbocycles. The average Bonchev–Trinajstić information content (AvgIpc) is 2.80. The number of hydrogen-bond donors (Lipinski definition) is 0. The molecule has 0 fully saturated rings. The van der Waals surface area contributed by atoms with Crippen molar-refractivity contribution >= 4 is 11.0 Å². The van der Waals surface area contributed by atoms with Crippen molar-refractivity contribution in [1.29, 1.82) is 0 Å². The predicted octanol–water partition coefficient (Wildman–Crippen LogP) is 4.21. The highest BCUT2D eigenvalue weighted by Crippen LogP contribution is 2.24. The summed E-state index contributed by atoms with van der Waals surface area (Å²) < 4.78 is 2.22. The molecule has 3 nitrogen and oxygen atoms in total. The van der Waals surface area contributed by atoms with E-state index >= 15 is 0 Å². The van der Waals surface area contributed by atoms with Crippen LogP contribution in [-0.4, -0.2) is 14.5 Å². The third kappa shape index (κ3) is 2.60. The van der Waals surface area contributed by atoms with Crippen LogP contribution in [0.1, 0.15) is 38.9 Å². The molecule has 0 aliphatic heterocycles. The molecular formula is C16H21N3. The Hall–Kier alpha value is -1.90. The van der Waals surface area contributed by atoms with Crippen molar-refractivity contribution in [2.24, 2.45) is 0 Å². The topological polar surface area (TPSA) is 30.7 Å². The van der Waals surface area contributed by atoms with Gasteiger partial charge >= 0.3 is 0 Å². The van der Waals surface area contributed by atoms with Gasteiger partial charge in [0.05, 0.1) is 11.7 Å². The van der Waals surface area contributed by atoms with Crippen LogP contribution in [0.5, 0.6) is 0 Å². The van der Waals surface area contributed by atoms with Gasteiger partial charge in [0.15, 0.2) is 0 Å². The smallest absolute Gasteiger partial charge is 0.144 e. The number of nitrogens with zero attached hydrogens (tertiary/aromatic N) is 3. The van der Waals surface area contributed by atoms with Crippen LogP contribution in [0.15, 0.2) is 42.4 Å². The van der Waals surface area contributed by atoms with Crippen LogP contribution < -0.4 is 0 Å². The number of aromatic nitrogens is 3. The van der Waals surface area contributed by atoms with Crippen LogP contribution in [0.25, 0.3) is 11.0 Å². The highest BCUT2D eigenvalue weighted by molar-refractivity contribution is 5.78. The molecule has 100 valence electrons. The number of allylic oxidation sites excluding steroid dienone is 3. The lowest BCUT2D eigenvalue weighted by atomic mass is 10.1. The summed E-state index contributed by atoms with van der Waals surface area (Å²) in [4.78, 5) is 8.66. The van der Waals surface area contributed by atoms with Crippen LogP contribution in [0.2, 0.25) is 0 Å². The summed E-state index contributed by atoms with van der Waals surface area (Å²) in [5.41, 5.74) is 4.38. The van der Waals surface area contributed by atoms with E-state index in [-0.39, 0.29) is 0 Å². The summed E-state index contributed by atoms with van der Waals surface area (Å²) in [5.74, 6) is 0. The van der Waals surface area contributed by atoms with Crippen LogP contribution in [-0.2, 0) is 0 Å². The van der Waals surface area contributed by atoms with Gasteiger partial charge < -0.3 is 4.57 Å². The monoisotopic (exact) mass is 255 g/mol. The van der Waals surface area contributed by atoms with Gasteiger partial charge in [0.2, 0.25) is 0 Å². The predicted molar refractivity (Wildman–Crippen MR) is 80.2 cm³/mol. The summed E-state index contributed by atoms with van der Waals surface area (Å²) in [6, 6.07) is 2.40. The highest BCUT2D eigenvalue weighted by Gasteiger charge is 2.11. The van der Waals surface area contributed by atoms with Gasteiger partial charge in [-0.25, -0.2) is 9.97 Å². The minimum atomic E-state index is 0.309. The van der Waals surface area contributed by atoms with E-state index in [1.807, 2.05) is 13.8 Å². The fourth-order valence-corrected chi connectivity index (χ4v) is 2.19. The lowest BCUT2D eigenvalue weighted by molar-refractivity contribution is 0.597. The molecule has 2 rings (SSSR count). The Labute approximate surface area is 114 Å². The zero-order valence-corrected chi connectivity index (χ0v) is 12.1. The molecule has 0 saturated heterocycles. The first-order valence-electron chi connectivity index (χ1n) is 6.67. The number of rotatable bonds is 4. The zero-order chi connectivity index (χ0) is 14.0. The summed E-state index contributed by atoms with van der Waals surface area (Å²) in [7, 11) is 0. The molecule has 3 heteroatoms. The van der Waals surface area contributed by atoms with E-state index in [2.05, 4.69) is 53.3 Å². The summed E-state index contributed by atoms with van der Waals surface area (Å²) in [6.07, 6.45) is 7.02. The van der Waals surface area contributed by atoms with E-state index in [9.17, 15) is 0 Å². The fourth-order valence-electron chi connectivity index (χ4n) is 2.19. The number of hydrogen-bond acceptors (Lipinski definition) is 2. The first-order chi connectivity index (χ1) is 9.04. The highest BCUT2D eigenvalue weighted by atomic mass is 15.1. The Balaban J connectivity index is 2.50. The third-order valence-electron chi connectivity index (χ3n) is 3.60. The third-order valence-corrected chi connectivity index (χ3v) is 3.60. The Morgan fingerprint density at radius 1 is 1.42 bits per heavy atom. The average molecular weight is 255 g/mol. The number of fused-ring (bicyclic) bond motifs is 1. The molecule has 0 aliphatic rings. The normalized spacial score (nSPS) is 13.8. The molecule has 0 amide bonds. The van der Waals surface area contributed by atoms with Crippen LogP contribution in [0.3, 0.4) is 0 Å². The molecule has 2 heterocycles. The Bertz CT molecular complexity index is 634. The fraction of sp³-hybridized carbons (Fsp3) is 0.375. The Kier molecular flexibility index (Phi) is 3.84. The summed E-state index contributed by atoms with van der Waals surface area (Å²) in [5, 5.41) is 1.13. The van der Waals surface area contributed by atoms with E-state index in [4.69, 9.17) is 0 Å². The minimum Gasteiger partial charge on any atom is -0.326 e. The molecule has 19 heavy (non-hydrogen) atoms. The molecule has 0 N–H and O–H groups in total. The molecule has 2 aromatic rings. The molecule has 1 unspecified atom stereocenters. The molecule has 0 bridgehead atoms. The van der Waals surface area contributed by atoms with Crippen molar-refractivity contribution in [1.82, 2.24) is 14.5 Å². The van der Waals surface area contributed by atoms with Gasteiger partial charge in [-0.2, -0.15) is 0 Å². The number of aryl methyl sites for hydroxylation is 1. The van der Waals surface area contributed by atoms with Crippen molar-refractivity contribution in [3.63, 3.8) is 0 Å². The molecule has 0 aliphatic carbocycles. The van der Waals surface area contributed by atoms with Gasteiger partial charge in [0.1, 0.15) is 12.0 Å². The second-order valence-electron chi connectivity index (χ2n) is 5.02. The largest absolute Gasteiger partial charge is 0.326 e. The molecule has 2 aromatic heterocycles. The maximum absolute atomic E-state index is 4.42. The van der Waals surface area contributed by atoms with Crippen LogP contribution in [0.4, 0.5) is 0 Å². The quantitative estimate of drug-likeness (QED) is 0.766. The second kappa shape index (κ2) is 5.39. The Morgan fingerprint density at radius 3 is 2.79 bits per heavy atom. The van der Waals surface area contributed by atoms with E-state index in [1.165, 1.54) is 5.57 Å². The lowest BCUT2D eigenvalue weighted by Gasteiger charge is -2.15. The molecule has 0 spiro atoms. The van der Waals surface area contributed by atoms with Crippen LogP contribution >= 0.6 is 0 Å². The SMILES string of the molecule is C=C(C)/C(C)=C/C(CC)n1ccc2c(C)ncnc21. The van der Waals surface area contributed by atoms with Gasteiger partial charge in [-0.3, -0.25) is 0 Å². The van der Waals surface area contributed by atoms with Gasteiger partial charge in [0.25, 0.3) is 0 Å². The van der Waals surface area contributed by atoms with Gasteiger partial charge in [-0.15, -0.1) is 0 Å². The van der Waals surface area contributed by atoms with Gasteiger partial charge in [-0.05, 0) is 33.3 Å². The molecule has 1 atom stereocenters. The van der Waals surface area contributed by atoms with Crippen molar-refractivity contribution in [2.45, 2.75) is 40.2 Å². The lowest BCUT2D eigenvalue weighted by Crippen LogP contribution is -2.06. The van der Waals surface area contributed by atoms with Crippen molar-refractivity contribution in [2.75, 3.05) is 0 Å². The van der Waals surface area contributed by atoms with E-state index < -0.39 is 0 Å². The van der Waals surface area contributed by atoms with Gasteiger partial charge in [-0.1, -0.05) is 30.7 Å². The van der Waals surface area contributed by atoms with Gasteiger partial charge in [0, 0.05) is 11.6 Å². The van der Waals surface area contributed by atoms with E-state index in [0.29, 0.717) is 6.04 Å². The standard InChI is InChI=1S/C16H21N3/c1-6-14(9-12(4)11(2)3)19-8-7-15-13(5)17-10-18-16(15)19/h7-10,14H,2,6H2,1,3-5H3/b12-9+. The van der Waals surface area contributed by atoms with E-state index in [1.54, 1.807) is 6.33 Å². The maximum atomic E-state index is 4.42. The van der Waals surface area contributed by atoms with Crippen molar-refractivity contribution in [3.8, 4) is 0 Å². The summed E-state index contributed by atoms with van der Waals surface area (Å²) in [6.45, 7) is 12.4. The van der Waals surface area contributed by atoms with Crippen molar-refractivity contribution < 1.29 is 0 Å². The second-order valence-corrected chi connectivity index (χ2v) is 5.02. The molecular weight excluding hydrogens is 234 g/mol. The Morgan fingerprint density at radius 2 is 2.16 bits per heavy atom. The zero-order valence-electron chi connectivity index (χ0n) is 12.1. The maximum Gasteiger partial charge on any atom is 0.144 e. The van der Waals surface area contributed by atoms with Crippen LogP contribution in [0, 0.1) is 6.92 Å². The minimum absolute atomic E-state index is 0.309. The molecule has 0 radical (unpaired) electrons. The molecule has 0 saturated carbocycles. The summed E-state index contributed by atoms with van der Waals surface area (Å²) >= 11 is 0. The van der Waals surface area contributed by atoms with E-state index in [0.717, 1.165) is 28.7 Å². The first kappa shape index (κ1) is 13.5.